The van der Waals surface area contributed by atoms with E-state index >= 15 is 0 Å². The molecular weight excluding hydrogens is 397 g/mol. The van der Waals surface area contributed by atoms with Crippen molar-refractivity contribution in [2.45, 2.75) is 45.7 Å². The van der Waals surface area contributed by atoms with Crippen LogP contribution in [0.2, 0.25) is 0 Å². The lowest BCUT2D eigenvalue weighted by Gasteiger charge is -2.13. The van der Waals surface area contributed by atoms with E-state index in [1.165, 1.54) is 12.1 Å². The van der Waals surface area contributed by atoms with Crippen LogP contribution in [-0.4, -0.2) is 38.2 Å². The lowest BCUT2D eigenvalue weighted by atomic mass is 10.1. The second-order valence-corrected chi connectivity index (χ2v) is 7.99. The molecule has 0 aliphatic carbocycles. The van der Waals surface area contributed by atoms with Crippen molar-refractivity contribution in [2.75, 3.05) is 17.2 Å². The van der Waals surface area contributed by atoms with Gasteiger partial charge >= 0.3 is 0 Å². The van der Waals surface area contributed by atoms with E-state index in [-0.39, 0.29) is 23.7 Å². The van der Waals surface area contributed by atoms with E-state index in [2.05, 4.69) is 44.9 Å². The van der Waals surface area contributed by atoms with Crippen LogP contribution in [0.3, 0.4) is 0 Å². The first kappa shape index (κ1) is 20.9. The summed E-state index contributed by atoms with van der Waals surface area (Å²) in [6, 6.07) is 4.51. The third kappa shape index (κ3) is 4.72. The predicted molar refractivity (Wildman–Crippen MR) is 118 cm³/mol. The Morgan fingerprint density at radius 2 is 2.16 bits per heavy atom. The van der Waals surface area contributed by atoms with Crippen molar-refractivity contribution >= 4 is 23.2 Å². The molecule has 162 valence electrons. The number of amides is 1. The fraction of sp³-hybridized carbons (Fsp3) is 0.364. The Bertz CT molecular complexity index is 1090. The third-order valence-corrected chi connectivity index (χ3v) is 5.24. The normalized spacial score (nSPS) is 16.0. The second kappa shape index (κ2) is 8.81. The van der Waals surface area contributed by atoms with Crippen LogP contribution >= 0.6 is 0 Å². The molecule has 0 bridgehead atoms. The van der Waals surface area contributed by atoms with E-state index in [1.807, 2.05) is 17.8 Å². The summed E-state index contributed by atoms with van der Waals surface area (Å²) in [6.07, 6.45) is 7.14. The Balaban J connectivity index is 1.50. The van der Waals surface area contributed by atoms with Crippen molar-refractivity contribution in [1.82, 2.24) is 25.1 Å². The van der Waals surface area contributed by atoms with Crippen LogP contribution in [-0.2, 0) is 4.79 Å². The lowest BCUT2D eigenvalue weighted by Crippen LogP contribution is -2.35. The van der Waals surface area contributed by atoms with Gasteiger partial charge in [-0.15, -0.1) is 0 Å². The zero-order chi connectivity index (χ0) is 22.0. The van der Waals surface area contributed by atoms with Gasteiger partial charge in [-0.2, -0.15) is 5.10 Å². The van der Waals surface area contributed by atoms with E-state index in [0.717, 1.165) is 36.2 Å². The van der Waals surface area contributed by atoms with Crippen LogP contribution in [0.25, 0.3) is 11.3 Å². The zero-order valence-corrected chi connectivity index (χ0v) is 17.8. The molecule has 3 heterocycles. The maximum Gasteiger partial charge on any atom is 0.241 e. The van der Waals surface area contributed by atoms with Crippen molar-refractivity contribution < 1.29 is 9.18 Å². The van der Waals surface area contributed by atoms with E-state index in [1.54, 1.807) is 18.5 Å². The summed E-state index contributed by atoms with van der Waals surface area (Å²) in [5.41, 5.74) is 3.20. The molecule has 8 nitrogen and oxygen atoms in total. The first-order valence-corrected chi connectivity index (χ1v) is 10.4. The number of rotatable bonds is 6. The highest BCUT2D eigenvalue weighted by molar-refractivity contribution is 5.95. The van der Waals surface area contributed by atoms with Gasteiger partial charge in [0.1, 0.15) is 5.82 Å². The van der Waals surface area contributed by atoms with Crippen molar-refractivity contribution in [3.05, 3.63) is 48.2 Å². The molecule has 0 unspecified atom stereocenters. The Morgan fingerprint density at radius 3 is 2.84 bits per heavy atom. The fourth-order valence-electron chi connectivity index (χ4n) is 3.49. The molecule has 1 amide bonds. The van der Waals surface area contributed by atoms with Gasteiger partial charge in [-0.25, -0.2) is 14.4 Å². The average molecular weight is 423 g/mol. The standard InChI is InChI=1S/C22H26FN7O/c1-13(2)30-12-15(11-26-30)20-14(3)10-25-22(29-20)27-16-6-7-18(17(23)9-16)28-21(31)19-5-4-8-24-19/h6-7,9-13,19,24H,4-5,8H2,1-3H3,(H,28,31)(H,25,27,29)/t19-/m1/s1. The van der Waals surface area contributed by atoms with E-state index < -0.39 is 5.82 Å². The number of hydrogen-bond donors (Lipinski definition) is 3. The minimum atomic E-state index is -0.526. The number of aryl methyl sites for hydroxylation is 1. The molecular formula is C22H26FN7O. The number of nitrogens with zero attached hydrogens (tertiary/aromatic N) is 4. The van der Waals surface area contributed by atoms with Gasteiger partial charge in [0.2, 0.25) is 11.9 Å². The molecule has 1 aromatic carbocycles. The number of anilines is 3. The average Bonchev–Trinajstić information content (AvgIpc) is 3.43. The summed E-state index contributed by atoms with van der Waals surface area (Å²) in [7, 11) is 0. The van der Waals surface area contributed by atoms with Crippen LogP contribution in [0, 0.1) is 12.7 Å². The molecule has 1 aliphatic rings. The number of halogens is 1. The lowest BCUT2D eigenvalue weighted by molar-refractivity contribution is -0.117. The highest BCUT2D eigenvalue weighted by Crippen LogP contribution is 2.25. The molecule has 2 aromatic heterocycles. The zero-order valence-electron chi connectivity index (χ0n) is 17.8. The van der Waals surface area contributed by atoms with Gasteiger partial charge in [0.05, 0.1) is 23.6 Å². The van der Waals surface area contributed by atoms with E-state index in [9.17, 15) is 9.18 Å². The Kier molecular flexibility index (Phi) is 5.94. The molecule has 1 aliphatic heterocycles. The van der Waals surface area contributed by atoms with Crippen molar-refractivity contribution in [3.63, 3.8) is 0 Å². The Morgan fingerprint density at radius 1 is 1.32 bits per heavy atom. The summed E-state index contributed by atoms with van der Waals surface area (Å²) in [6.45, 7) is 6.85. The molecule has 3 N–H and O–H groups in total. The van der Waals surface area contributed by atoms with E-state index in [4.69, 9.17) is 0 Å². The van der Waals surface area contributed by atoms with Crippen molar-refractivity contribution in [2.24, 2.45) is 0 Å². The molecule has 3 aromatic rings. The van der Waals surface area contributed by atoms with Crippen LogP contribution in [0.4, 0.5) is 21.7 Å². The quantitative estimate of drug-likeness (QED) is 0.558. The SMILES string of the molecule is Cc1cnc(Nc2ccc(NC(=O)[C@H]3CCCN3)c(F)c2)nc1-c1cnn(C(C)C)c1. The summed E-state index contributed by atoms with van der Waals surface area (Å²) in [4.78, 5) is 21.1. The highest BCUT2D eigenvalue weighted by atomic mass is 19.1. The Hall–Kier alpha value is -3.33. The summed E-state index contributed by atoms with van der Waals surface area (Å²) >= 11 is 0. The highest BCUT2D eigenvalue weighted by Gasteiger charge is 2.22. The molecule has 9 heteroatoms. The summed E-state index contributed by atoms with van der Waals surface area (Å²) in [5, 5.41) is 13.1. The summed E-state index contributed by atoms with van der Waals surface area (Å²) < 4.78 is 16.4. The monoisotopic (exact) mass is 423 g/mol. The van der Waals surface area contributed by atoms with Gasteiger partial charge in [-0.05, 0) is 63.9 Å². The largest absolute Gasteiger partial charge is 0.324 e. The van der Waals surface area contributed by atoms with Gasteiger partial charge in [-0.3, -0.25) is 9.48 Å². The maximum absolute atomic E-state index is 14.6. The van der Waals surface area contributed by atoms with Gasteiger partial charge in [0.15, 0.2) is 0 Å². The number of carbonyl (C=O) groups is 1. The van der Waals surface area contributed by atoms with Crippen molar-refractivity contribution in [3.8, 4) is 11.3 Å². The molecule has 31 heavy (non-hydrogen) atoms. The van der Waals surface area contributed by atoms with Gasteiger partial charge in [0, 0.05) is 29.7 Å². The number of carbonyl (C=O) groups excluding carboxylic acids is 1. The number of nitrogens with one attached hydrogen (secondary N) is 3. The number of hydrogen-bond acceptors (Lipinski definition) is 6. The van der Waals surface area contributed by atoms with Crippen LogP contribution < -0.4 is 16.0 Å². The maximum atomic E-state index is 14.6. The van der Waals surface area contributed by atoms with Gasteiger partial charge < -0.3 is 16.0 Å². The molecule has 1 fully saturated rings. The van der Waals surface area contributed by atoms with Gasteiger partial charge in [0.25, 0.3) is 0 Å². The first-order chi connectivity index (χ1) is 14.9. The minimum Gasteiger partial charge on any atom is -0.324 e. The number of benzene rings is 1. The minimum absolute atomic E-state index is 0.149. The molecule has 1 saturated heterocycles. The van der Waals surface area contributed by atoms with Crippen LogP contribution in [0.15, 0.2) is 36.8 Å². The second-order valence-electron chi connectivity index (χ2n) is 7.99. The molecule has 1 atom stereocenters. The number of aromatic nitrogens is 4. The van der Waals surface area contributed by atoms with Crippen LogP contribution in [0.1, 0.15) is 38.3 Å². The first-order valence-electron chi connectivity index (χ1n) is 10.4. The molecule has 0 saturated carbocycles. The molecule has 4 rings (SSSR count). The van der Waals surface area contributed by atoms with Gasteiger partial charge in [-0.1, -0.05) is 0 Å². The topological polar surface area (TPSA) is 96.8 Å². The molecule has 0 radical (unpaired) electrons. The summed E-state index contributed by atoms with van der Waals surface area (Å²) in [5.74, 6) is -0.392. The van der Waals surface area contributed by atoms with E-state index in [0.29, 0.717) is 11.6 Å². The third-order valence-electron chi connectivity index (χ3n) is 5.24. The predicted octanol–water partition coefficient (Wildman–Crippen LogP) is 3.80. The van der Waals surface area contributed by atoms with Crippen molar-refractivity contribution in [1.29, 1.82) is 0 Å². The van der Waals surface area contributed by atoms with Crippen LogP contribution in [0.5, 0.6) is 0 Å². The Labute approximate surface area is 180 Å². The smallest absolute Gasteiger partial charge is 0.241 e. The molecule has 0 spiro atoms. The fourth-order valence-corrected chi connectivity index (χ4v) is 3.49.